The second-order valence-electron chi connectivity index (χ2n) is 7.18. The van der Waals surface area contributed by atoms with E-state index in [1.165, 1.54) is 5.69 Å². The van der Waals surface area contributed by atoms with Crippen LogP contribution in [-0.2, 0) is 4.74 Å². The zero-order chi connectivity index (χ0) is 18.4. The molecule has 0 bridgehead atoms. The Bertz CT molecular complexity index is 625. The number of anilines is 1. The van der Waals surface area contributed by atoms with E-state index in [4.69, 9.17) is 4.74 Å². The van der Waals surface area contributed by atoms with Crippen LogP contribution in [0.5, 0.6) is 0 Å². The molecule has 1 heterocycles. The van der Waals surface area contributed by atoms with Crippen molar-refractivity contribution in [1.29, 1.82) is 0 Å². The van der Waals surface area contributed by atoms with Gasteiger partial charge in [0.25, 0.3) is 0 Å². The molecule has 6 heteroatoms. The highest BCUT2D eigenvalue weighted by molar-refractivity contribution is 7.78. The molecule has 25 heavy (non-hydrogen) atoms. The fourth-order valence-electron chi connectivity index (χ4n) is 3.34. The quantitative estimate of drug-likeness (QED) is 0.578. The van der Waals surface area contributed by atoms with Crippen LogP contribution in [0.4, 0.5) is 16.2 Å². The van der Waals surface area contributed by atoms with E-state index < -0.39 is 0 Å². The second kappa shape index (κ2) is 8.45. The molecular formula is C19H27N3O2S. The summed E-state index contributed by atoms with van der Waals surface area (Å²) in [6, 6.07) is 8.20. The largest absolute Gasteiger partial charge is 0.450 e. The fraction of sp³-hybridized carbons (Fsp3) is 0.579. The number of amides is 1. The summed E-state index contributed by atoms with van der Waals surface area (Å²) in [6.45, 7) is 10.3. The highest BCUT2D eigenvalue weighted by Crippen LogP contribution is 2.28. The van der Waals surface area contributed by atoms with Gasteiger partial charge in [0.2, 0.25) is 0 Å². The van der Waals surface area contributed by atoms with Crippen molar-refractivity contribution in [3.63, 3.8) is 0 Å². The van der Waals surface area contributed by atoms with Crippen molar-refractivity contribution in [2.24, 2.45) is 4.99 Å². The van der Waals surface area contributed by atoms with Crippen molar-refractivity contribution in [3.05, 3.63) is 24.3 Å². The van der Waals surface area contributed by atoms with E-state index in [2.05, 4.69) is 60.2 Å². The van der Waals surface area contributed by atoms with Crippen LogP contribution in [0.15, 0.2) is 29.3 Å². The number of carbonyl (C=O) groups excluding carboxylic acids is 1. The molecule has 0 saturated carbocycles. The van der Waals surface area contributed by atoms with Gasteiger partial charge in [0, 0.05) is 30.4 Å². The number of nitrogens with zero attached hydrogens (tertiary/aromatic N) is 3. The summed E-state index contributed by atoms with van der Waals surface area (Å²) >= 11 is 4.63. The first-order valence-corrected chi connectivity index (χ1v) is 9.16. The van der Waals surface area contributed by atoms with Gasteiger partial charge in [-0.1, -0.05) is 0 Å². The lowest BCUT2D eigenvalue weighted by molar-refractivity contribution is 0.0399. The van der Waals surface area contributed by atoms with E-state index in [0.29, 0.717) is 6.61 Å². The monoisotopic (exact) mass is 361 g/mol. The Morgan fingerprint density at radius 3 is 2.40 bits per heavy atom. The molecule has 2 rings (SSSR count). The standard InChI is InChI=1S/C19H27N3O2S/c1-5-24-18(23)22(19(2,3)4)17-10-12-21(13-11-17)16-8-6-15(7-9-16)20-14-25/h6-9,17H,5,10-13H2,1-4H3. The van der Waals surface area contributed by atoms with Crippen molar-refractivity contribution in [1.82, 2.24) is 4.90 Å². The number of ether oxygens (including phenoxy) is 1. The third-order valence-corrected chi connectivity index (χ3v) is 4.50. The molecule has 1 aliphatic rings. The van der Waals surface area contributed by atoms with Crippen LogP contribution >= 0.6 is 12.2 Å². The highest BCUT2D eigenvalue weighted by atomic mass is 32.1. The van der Waals surface area contributed by atoms with E-state index in [1.54, 1.807) is 0 Å². The number of carbonyl (C=O) groups is 1. The maximum Gasteiger partial charge on any atom is 0.410 e. The van der Waals surface area contributed by atoms with Gasteiger partial charge in [-0.05, 0) is 77.0 Å². The average Bonchev–Trinajstić information content (AvgIpc) is 2.56. The first-order valence-electron chi connectivity index (χ1n) is 8.75. The Kier molecular flexibility index (Phi) is 6.57. The first-order chi connectivity index (χ1) is 11.9. The van der Waals surface area contributed by atoms with Crippen LogP contribution in [0, 0.1) is 0 Å². The Balaban J connectivity index is 2.03. The number of benzene rings is 1. The van der Waals surface area contributed by atoms with E-state index in [1.807, 2.05) is 24.0 Å². The van der Waals surface area contributed by atoms with Gasteiger partial charge >= 0.3 is 6.09 Å². The van der Waals surface area contributed by atoms with Gasteiger partial charge in [-0.3, -0.25) is 0 Å². The van der Waals surface area contributed by atoms with Crippen molar-refractivity contribution in [3.8, 4) is 0 Å². The van der Waals surface area contributed by atoms with Gasteiger partial charge in [-0.15, -0.1) is 0 Å². The lowest BCUT2D eigenvalue weighted by Crippen LogP contribution is -2.55. The van der Waals surface area contributed by atoms with Crippen molar-refractivity contribution >= 4 is 34.8 Å². The van der Waals surface area contributed by atoms with Crippen LogP contribution < -0.4 is 4.90 Å². The van der Waals surface area contributed by atoms with Gasteiger partial charge in [0.1, 0.15) is 0 Å². The molecule has 1 aliphatic heterocycles. The van der Waals surface area contributed by atoms with E-state index in [-0.39, 0.29) is 17.7 Å². The molecule has 0 aromatic heterocycles. The lowest BCUT2D eigenvalue weighted by atomic mass is 9.96. The Labute approximate surface area is 155 Å². The molecule has 0 radical (unpaired) electrons. The molecule has 1 aromatic rings. The zero-order valence-corrected chi connectivity index (χ0v) is 16.3. The summed E-state index contributed by atoms with van der Waals surface area (Å²) in [5.41, 5.74) is 1.73. The predicted molar refractivity (Wildman–Crippen MR) is 105 cm³/mol. The number of aliphatic imine (C=N–C) groups is 1. The van der Waals surface area contributed by atoms with Gasteiger partial charge in [-0.2, -0.15) is 4.99 Å². The molecule has 0 N–H and O–H groups in total. The normalized spacial score (nSPS) is 15.4. The van der Waals surface area contributed by atoms with Crippen LogP contribution in [0.2, 0.25) is 0 Å². The van der Waals surface area contributed by atoms with Gasteiger partial charge in [-0.25, -0.2) is 4.79 Å². The predicted octanol–water partition coefficient (Wildman–Crippen LogP) is 4.65. The molecule has 5 nitrogen and oxygen atoms in total. The molecule has 0 spiro atoms. The van der Waals surface area contributed by atoms with Crippen molar-refractivity contribution < 1.29 is 9.53 Å². The molecular weight excluding hydrogens is 334 g/mol. The minimum absolute atomic E-state index is 0.203. The van der Waals surface area contributed by atoms with E-state index in [0.717, 1.165) is 31.6 Å². The smallest absolute Gasteiger partial charge is 0.410 e. The molecule has 1 amide bonds. The highest BCUT2D eigenvalue weighted by Gasteiger charge is 2.36. The van der Waals surface area contributed by atoms with Crippen LogP contribution in [-0.4, -0.2) is 47.4 Å². The SMILES string of the molecule is CCOC(=O)N(C1CCN(c2ccc(N=C=S)cc2)CC1)C(C)(C)C. The Morgan fingerprint density at radius 2 is 1.92 bits per heavy atom. The average molecular weight is 362 g/mol. The fourth-order valence-corrected chi connectivity index (χ4v) is 3.44. The summed E-state index contributed by atoms with van der Waals surface area (Å²) in [7, 11) is 0. The third-order valence-electron chi connectivity index (χ3n) is 4.41. The third kappa shape index (κ3) is 5.03. The number of isothiocyanates is 1. The van der Waals surface area contributed by atoms with Crippen molar-refractivity contribution in [2.75, 3.05) is 24.6 Å². The summed E-state index contributed by atoms with van der Waals surface area (Å²) in [5.74, 6) is 0. The molecule has 1 aromatic carbocycles. The summed E-state index contributed by atoms with van der Waals surface area (Å²) < 4.78 is 5.28. The lowest BCUT2D eigenvalue weighted by Gasteiger charge is -2.44. The second-order valence-corrected chi connectivity index (χ2v) is 7.36. The molecule has 1 fully saturated rings. The van der Waals surface area contributed by atoms with Crippen LogP contribution in [0.25, 0.3) is 0 Å². The number of thiocarbonyl (C=S) groups is 1. The van der Waals surface area contributed by atoms with Crippen LogP contribution in [0.1, 0.15) is 40.5 Å². The van der Waals surface area contributed by atoms with Crippen LogP contribution in [0.3, 0.4) is 0 Å². The number of hydrogen-bond acceptors (Lipinski definition) is 5. The minimum atomic E-state index is -0.251. The molecule has 0 unspecified atom stereocenters. The maximum absolute atomic E-state index is 12.4. The number of piperidine rings is 1. The Morgan fingerprint density at radius 1 is 1.32 bits per heavy atom. The van der Waals surface area contributed by atoms with Gasteiger partial charge in [0.05, 0.1) is 17.5 Å². The summed E-state index contributed by atoms with van der Waals surface area (Å²) in [5, 5.41) is 2.38. The molecule has 0 atom stereocenters. The van der Waals surface area contributed by atoms with E-state index in [9.17, 15) is 4.79 Å². The molecule has 1 saturated heterocycles. The van der Waals surface area contributed by atoms with E-state index >= 15 is 0 Å². The van der Waals surface area contributed by atoms with Crippen molar-refractivity contribution in [2.45, 2.75) is 52.1 Å². The molecule has 0 aliphatic carbocycles. The Hall–Kier alpha value is -1.91. The first kappa shape index (κ1) is 19.4. The number of rotatable bonds is 4. The van der Waals surface area contributed by atoms with Gasteiger partial charge in [0.15, 0.2) is 0 Å². The summed E-state index contributed by atoms with van der Waals surface area (Å²) in [4.78, 5) is 20.6. The topological polar surface area (TPSA) is 45.1 Å². The minimum Gasteiger partial charge on any atom is -0.450 e. The zero-order valence-electron chi connectivity index (χ0n) is 15.5. The number of hydrogen-bond donors (Lipinski definition) is 0. The summed E-state index contributed by atoms with van der Waals surface area (Å²) in [6.07, 6.45) is 1.64. The van der Waals surface area contributed by atoms with Gasteiger partial charge < -0.3 is 14.5 Å². The maximum atomic E-state index is 12.4. The molecule has 136 valence electrons.